The molecule has 1 aliphatic heterocycles. The van der Waals surface area contributed by atoms with Crippen molar-refractivity contribution in [2.45, 2.75) is 31.7 Å². The quantitative estimate of drug-likeness (QED) is 0.427. The lowest BCUT2D eigenvalue weighted by Gasteiger charge is -2.32. The Labute approximate surface area is 203 Å². The maximum Gasteiger partial charge on any atom is 0.341 e. The van der Waals surface area contributed by atoms with Crippen LogP contribution < -0.4 is 5.32 Å². The van der Waals surface area contributed by atoms with Crippen molar-refractivity contribution in [2.24, 2.45) is 0 Å². The first-order valence-electron chi connectivity index (χ1n) is 11.8. The molecular formula is C27H27N5O3. The lowest BCUT2D eigenvalue weighted by molar-refractivity contribution is 0.0695. The minimum atomic E-state index is -1.11. The Balaban J connectivity index is 1.45. The van der Waals surface area contributed by atoms with E-state index < -0.39 is 5.97 Å². The molecule has 35 heavy (non-hydrogen) atoms. The van der Waals surface area contributed by atoms with Gasteiger partial charge in [0.1, 0.15) is 16.9 Å². The number of aromatic nitrogens is 3. The molecule has 1 aliphatic rings. The van der Waals surface area contributed by atoms with Crippen LogP contribution >= 0.6 is 0 Å². The monoisotopic (exact) mass is 469 g/mol. The molecule has 3 heterocycles. The summed E-state index contributed by atoms with van der Waals surface area (Å²) in [5, 5.41) is 17.2. The molecule has 8 heteroatoms. The number of nitrogens with one attached hydrogen (secondary N) is 1. The minimum Gasteiger partial charge on any atom is -0.477 e. The molecule has 0 aliphatic carbocycles. The highest BCUT2D eigenvalue weighted by atomic mass is 16.4. The zero-order chi connectivity index (χ0) is 24.4. The second-order valence-electron chi connectivity index (χ2n) is 8.87. The summed E-state index contributed by atoms with van der Waals surface area (Å²) >= 11 is 0. The standard InChI is InChI=1S/C27H27N5O3/c1-18(19-8-4-2-5-9-19)30-25-22(16-28-24-23(27(34)35)17-29-32(24)25)26(33)31-14-12-21(13-15-31)20-10-6-3-7-11-20/h2-11,16-18,21,30H,12-15H2,1H3,(H,34,35). The Hall–Kier alpha value is -4.20. The molecule has 2 N–H and O–H groups in total. The van der Waals surface area contributed by atoms with Crippen molar-refractivity contribution < 1.29 is 14.7 Å². The summed E-state index contributed by atoms with van der Waals surface area (Å²) in [4.78, 5) is 31.5. The normalized spacial score (nSPS) is 15.2. The van der Waals surface area contributed by atoms with E-state index in [4.69, 9.17) is 0 Å². The number of hydrogen-bond acceptors (Lipinski definition) is 5. The van der Waals surface area contributed by atoms with Crippen LogP contribution in [0.1, 0.15) is 63.6 Å². The molecule has 1 unspecified atom stereocenters. The molecule has 1 atom stereocenters. The number of nitrogens with zero attached hydrogens (tertiary/aromatic N) is 4. The number of carboxylic acid groups (broad SMARTS) is 1. The zero-order valence-electron chi connectivity index (χ0n) is 19.5. The molecule has 5 rings (SSSR count). The number of benzene rings is 2. The molecule has 0 saturated carbocycles. The van der Waals surface area contributed by atoms with Crippen molar-refractivity contribution in [1.29, 1.82) is 0 Å². The Kier molecular flexibility index (Phi) is 6.18. The molecule has 178 valence electrons. The van der Waals surface area contributed by atoms with Gasteiger partial charge in [-0.1, -0.05) is 60.7 Å². The number of amides is 1. The largest absolute Gasteiger partial charge is 0.477 e. The van der Waals surface area contributed by atoms with Crippen LogP contribution in [0.2, 0.25) is 0 Å². The Morgan fingerprint density at radius 1 is 0.971 bits per heavy atom. The Morgan fingerprint density at radius 3 is 2.29 bits per heavy atom. The fourth-order valence-corrected chi connectivity index (χ4v) is 4.72. The maximum absolute atomic E-state index is 13.7. The average Bonchev–Trinajstić information content (AvgIpc) is 3.35. The molecule has 2 aromatic heterocycles. The van der Waals surface area contributed by atoms with Crippen LogP contribution in [0, 0.1) is 0 Å². The Bertz CT molecular complexity index is 1350. The number of hydrogen-bond donors (Lipinski definition) is 2. The van der Waals surface area contributed by atoms with Gasteiger partial charge in [0, 0.05) is 25.3 Å². The van der Waals surface area contributed by atoms with Gasteiger partial charge in [-0.25, -0.2) is 9.78 Å². The fraction of sp³-hybridized carbons (Fsp3) is 0.259. The van der Waals surface area contributed by atoms with Crippen LogP contribution in [-0.2, 0) is 0 Å². The van der Waals surface area contributed by atoms with Crippen LogP contribution in [0.25, 0.3) is 5.65 Å². The number of aromatic carboxylic acids is 1. The van der Waals surface area contributed by atoms with E-state index in [2.05, 4.69) is 39.7 Å². The third-order valence-electron chi connectivity index (χ3n) is 6.69. The van der Waals surface area contributed by atoms with Crippen LogP contribution in [0.3, 0.4) is 0 Å². The lowest BCUT2D eigenvalue weighted by Crippen LogP contribution is -2.38. The number of fused-ring (bicyclic) bond motifs is 1. The topological polar surface area (TPSA) is 99.8 Å². The van der Waals surface area contributed by atoms with Crippen LogP contribution in [0.4, 0.5) is 5.82 Å². The Morgan fingerprint density at radius 2 is 1.63 bits per heavy atom. The molecule has 1 fully saturated rings. The number of anilines is 1. The second-order valence-corrected chi connectivity index (χ2v) is 8.87. The maximum atomic E-state index is 13.7. The molecule has 0 spiro atoms. The number of piperidine rings is 1. The van der Waals surface area contributed by atoms with Gasteiger partial charge in [0.2, 0.25) is 0 Å². The number of carboxylic acids is 1. The highest BCUT2D eigenvalue weighted by Gasteiger charge is 2.28. The summed E-state index contributed by atoms with van der Waals surface area (Å²) < 4.78 is 1.42. The van der Waals surface area contributed by atoms with Gasteiger partial charge in [0.25, 0.3) is 5.91 Å². The molecular weight excluding hydrogens is 442 g/mol. The molecule has 0 radical (unpaired) electrons. The first-order valence-corrected chi connectivity index (χ1v) is 11.8. The van der Waals surface area contributed by atoms with Crippen molar-refractivity contribution >= 4 is 23.3 Å². The van der Waals surface area contributed by atoms with Crippen molar-refractivity contribution in [1.82, 2.24) is 19.5 Å². The van der Waals surface area contributed by atoms with Gasteiger partial charge >= 0.3 is 5.97 Å². The van der Waals surface area contributed by atoms with Gasteiger partial charge in [-0.2, -0.15) is 9.61 Å². The number of rotatable bonds is 6. The molecule has 4 aromatic rings. The second kappa shape index (κ2) is 9.58. The van der Waals surface area contributed by atoms with Gasteiger partial charge in [-0.3, -0.25) is 4.79 Å². The third kappa shape index (κ3) is 4.47. The highest BCUT2D eigenvalue weighted by molar-refractivity contribution is 6.00. The number of carbonyl (C=O) groups excluding carboxylic acids is 1. The first kappa shape index (κ1) is 22.6. The summed E-state index contributed by atoms with van der Waals surface area (Å²) in [5.74, 6) is -0.382. The van der Waals surface area contributed by atoms with E-state index in [9.17, 15) is 14.7 Å². The zero-order valence-corrected chi connectivity index (χ0v) is 19.5. The third-order valence-corrected chi connectivity index (χ3v) is 6.69. The first-order chi connectivity index (χ1) is 17.0. The molecule has 0 bridgehead atoms. The van der Waals surface area contributed by atoms with Gasteiger partial charge in [0.05, 0.1) is 6.20 Å². The summed E-state index contributed by atoms with van der Waals surface area (Å²) in [5.41, 5.74) is 2.89. The highest BCUT2D eigenvalue weighted by Crippen LogP contribution is 2.30. The van der Waals surface area contributed by atoms with Gasteiger partial charge < -0.3 is 15.3 Å². The van der Waals surface area contributed by atoms with Crippen LogP contribution in [0.15, 0.2) is 73.1 Å². The minimum absolute atomic E-state index is 0.0110. The summed E-state index contributed by atoms with van der Waals surface area (Å²) in [7, 11) is 0. The average molecular weight is 470 g/mol. The van der Waals surface area contributed by atoms with Gasteiger partial charge in [-0.05, 0) is 36.8 Å². The van der Waals surface area contributed by atoms with E-state index in [1.807, 2.05) is 48.2 Å². The fourth-order valence-electron chi connectivity index (χ4n) is 4.72. The van der Waals surface area contributed by atoms with E-state index in [1.165, 1.54) is 22.5 Å². The van der Waals surface area contributed by atoms with E-state index in [0.717, 1.165) is 18.4 Å². The predicted molar refractivity (Wildman–Crippen MR) is 133 cm³/mol. The number of likely N-dealkylation sites (tertiary alicyclic amines) is 1. The number of carbonyl (C=O) groups is 2. The van der Waals surface area contributed by atoms with E-state index >= 15 is 0 Å². The smallest absolute Gasteiger partial charge is 0.341 e. The summed E-state index contributed by atoms with van der Waals surface area (Å²) in [6.07, 6.45) is 4.51. The van der Waals surface area contributed by atoms with Crippen molar-refractivity contribution in [3.63, 3.8) is 0 Å². The van der Waals surface area contributed by atoms with E-state index in [-0.39, 0.29) is 23.2 Å². The SMILES string of the molecule is CC(Nc1c(C(=O)N2CCC(c3ccccc3)CC2)cnc2c(C(=O)O)cnn12)c1ccccc1. The van der Waals surface area contributed by atoms with Crippen molar-refractivity contribution in [3.05, 3.63) is 95.3 Å². The van der Waals surface area contributed by atoms with Crippen LogP contribution in [0.5, 0.6) is 0 Å². The van der Waals surface area contributed by atoms with Crippen molar-refractivity contribution in [3.8, 4) is 0 Å². The van der Waals surface area contributed by atoms with Crippen LogP contribution in [-0.4, -0.2) is 49.6 Å². The molecule has 8 nitrogen and oxygen atoms in total. The van der Waals surface area contributed by atoms with Crippen molar-refractivity contribution in [2.75, 3.05) is 18.4 Å². The predicted octanol–water partition coefficient (Wildman–Crippen LogP) is 4.62. The van der Waals surface area contributed by atoms with E-state index in [0.29, 0.717) is 30.4 Å². The van der Waals surface area contributed by atoms with Gasteiger partial charge in [0.15, 0.2) is 5.65 Å². The summed E-state index contributed by atoms with van der Waals surface area (Å²) in [6, 6.07) is 20.1. The summed E-state index contributed by atoms with van der Waals surface area (Å²) in [6.45, 7) is 3.27. The molecule has 1 saturated heterocycles. The van der Waals surface area contributed by atoms with E-state index in [1.54, 1.807) is 0 Å². The van der Waals surface area contributed by atoms with Gasteiger partial charge in [-0.15, -0.1) is 0 Å². The lowest BCUT2D eigenvalue weighted by atomic mass is 9.89. The molecule has 1 amide bonds. The molecule has 2 aromatic carbocycles.